The number of ether oxygens (including phenoxy) is 1. The molecule has 108 valence electrons. The van der Waals surface area contributed by atoms with Crippen LogP contribution < -0.4 is 10.1 Å². The molecule has 1 aromatic rings. The van der Waals surface area contributed by atoms with Gasteiger partial charge in [0, 0.05) is 5.56 Å². The summed E-state index contributed by atoms with van der Waals surface area (Å²) in [5.41, 5.74) is 0.0213. The average Bonchev–Trinajstić information content (AvgIpc) is 2.37. The fraction of sp³-hybridized carbons (Fsp3) is 0.600. The maximum atomic E-state index is 13.8. The Kier molecular flexibility index (Phi) is 6.22. The van der Waals surface area contributed by atoms with E-state index in [0.29, 0.717) is 24.8 Å². The van der Waals surface area contributed by atoms with Crippen LogP contribution in [0.4, 0.5) is 8.78 Å². The molecular formula is C15H23F2NO. The molecule has 1 rings (SSSR count). The summed E-state index contributed by atoms with van der Waals surface area (Å²) in [6.45, 7) is 6.90. The monoisotopic (exact) mass is 271 g/mol. The van der Waals surface area contributed by atoms with Gasteiger partial charge >= 0.3 is 0 Å². The zero-order valence-corrected chi connectivity index (χ0v) is 11.9. The Morgan fingerprint density at radius 3 is 2.37 bits per heavy atom. The summed E-state index contributed by atoms with van der Waals surface area (Å²) in [6.07, 6.45) is 0.845. The molecule has 0 fully saturated rings. The van der Waals surface area contributed by atoms with Gasteiger partial charge in [-0.25, -0.2) is 0 Å². The fourth-order valence-corrected chi connectivity index (χ4v) is 1.58. The van der Waals surface area contributed by atoms with Crippen LogP contribution in [0.2, 0.25) is 0 Å². The van der Waals surface area contributed by atoms with Gasteiger partial charge in [0.25, 0.3) is 5.92 Å². The van der Waals surface area contributed by atoms with Crippen molar-refractivity contribution in [2.75, 3.05) is 19.7 Å². The van der Waals surface area contributed by atoms with Gasteiger partial charge in [0.15, 0.2) is 0 Å². The first-order chi connectivity index (χ1) is 8.95. The zero-order valence-electron chi connectivity index (χ0n) is 11.9. The zero-order chi connectivity index (χ0) is 14.3. The minimum atomic E-state index is -2.84. The van der Waals surface area contributed by atoms with Crippen molar-refractivity contribution >= 4 is 0 Å². The van der Waals surface area contributed by atoms with Gasteiger partial charge in [0.2, 0.25) is 0 Å². The second kappa shape index (κ2) is 7.43. The van der Waals surface area contributed by atoms with Gasteiger partial charge in [-0.2, -0.15) is 8.78 Å². The Morgan fingerprint density at radius 2 is 1.84 bits per heavy atom. The number of hydrogen-bond acceptors (Lipinski definition) is 2. The van der Waals surface area contributed by atoms with Crippen molar-refractivity contribution in [1.82, 2.24) is 5.32 Å². The van der Waals surface area contributed by atoms with Crippen molar-refractivity contribution in [3.8, 4) is 5.75 Å². The molecule has 1 N–H and O–H groups in total. The topological polar surface area (TPSA) is 21.3 Å². The molecule has 4 heteroatoms. The van der Waals surface area contributed by atoms with E-state index < -0.39 is 5.92 Å². The average molecular weight is 271 g/mol. The maximum absolute atomic E-state index is 13.8. The van der Waals surface area contributed by atoms with Gasteiger partial charge in [-0.05, 0) is 43.1 Å². The van der Waals surface area contributed by atoms with Gasteiger partial charge in [-0.15, -0.1) is 0 Å². The quantitative estimate of drug-likeness (QED) is 0.726. The van der Waals surface area contributed by atoms with Crippen molar-refractivity contribution in [1.29, 1.82) is 0 Å². The highest BCUT2D eigenvalue weighted by atomic mass is 19.3. The third kappa shape index (κ3) is 5.55. The Bertz CT molecular complexity index is 363. The predicted octanol–water partition coefficient (Wildman–Crippen LogP) is 3.81. The molecular weight excluding hydrogens is 248 g/mol. The molecule has 0 heterocycles. The Hall–Kier alpha value is -1.16. The molecule has 0 aliphatic rings. The van der Waals surface area contributed by atoms with Gasteiger partial charge < -0.3 is 10.1 Å². The first-order valence-corrected chi connectivity index (χ1v) is 6.77. The highest BCUT2D eigenvalue weighted by Gasteiger charge is 2.30. The molecule has 1 aromatic carbocycles. The largest absolute Gasteiger partial charge is 0.493 e. The lowest BCUT2D eigenvalue weighted by atomic mass is 10.1. The normalized spacial score (nSPS) is 11.9. The molecule has 0 unspecified atom stereocenters. The van der Waals surface area contributed by atoms with E-state index in [2.05, 4.69) is 5.32 Å². The lowest BCUT2D eigenvalue weighted by Crippen LogP contribution is -2.31. The van der Waals surface area contributed by atoms with Gasteiger partial charge in [-0.1, -0.05) is 20.8 Å². The number of halogens is 2. The summed E-state index contributed by atoms with van der Waals surface area (Å²) >= 11 is 0. The molecule has 0 aliphatic heterocycles. The smallest absolute Gasteiger partial charge is 0.285 e. The molecule has 0 atom stereocenters. The molecule has 2 nitrogen and oxygen atoms in total. The van der Waals surface area contributed by atoms with Crippen LogP contribution in [-0.2, 0) is 5.92 Å². The molecule has 0 saturated carbocycles. The lowest BCUT2D eigenvalue weighted by Gasteiger charge is -2.18. The number of benzene rings is 1. The molecule has 0 spiro atoms. The van der Waals surface area contributed by atoms with Crippen molar-refractivity contribution < 1.29 is 13.5 Å². The van der Waals surface area contributed by atoms with Crippen molar-refractivity contribution in [3.05, 3.63) is 29.8 Å². The third-order valence-electron chi connectivity index (χ3n) is 2.63. The maximum Gasteiger partial charge on any atom is 0.285 e. The summed E-state index contributed by atoms with van der Waals surface area (Å²) < 4.78 is 33.1. The van der Waals surface area contributed by atoms with Gasteiger partial charge in [0.1, 0.15) is 5.75 Å². The van der Waals surface area contributed by atoms with E-state index >= 15 is 0 Å². The van der Waals surface area contributed by atoms with E-state index in [1.165, 1.54) is 12.1 Å². The first-order valence-electron chi connectivity index (χ1n) is 6.77. The summed E-state index contributed by atoms with van der Waals surface area (Å²) in [4.78, 5) is 0. The molecule has 0 aromatic heterocycles. The van der Waals surface area contributed by atoms with E-state index in [-0.39, 0.29) is 12.1 Å². The van der Waals surface area contributed by atoms with E-state index in [4.69, 9.17) is 4.74 Å². The van der Waals surface area contributed by atoms with Gasteiger partial charge in [0.05, 0.1) is 13.2 Å². The van der Waals surface area contributed by atoms with E-state index in [1.54, 1.807) is 12.1 Å². The Morgan fingerprint density at radius 1 is 1.21 bits per heavy atom. The van der Waals surface area contributed by atoms with Crippen LogP contribution >= 0.6 is 0 Å². The molecule has 0 aliphatic carbocycles. The van der Waals surface area contributed by atoms with Crippen LogP contribution in [-0.4, -0.2) is 19.7 Å². The van der Waals surface area contributed by atoms with Crippen LogP contribution in [0.25, 0.3) is 0 Å². The highest BCUT2D eigenvalue weighted by Crippen LogP contribution is 2.28. The molecule has 0 amide bonds. The first kappa shape index (κ1) is 15.9. The Balaban J connectivity index is 2.58. The third-order valence-corrected chi connectivity index (χ3v) is 2.63. The van der Waals surface area contributed by atoms with E-state index in [0.717, 1.165) is 6.42 Å². The summed E-state index contributed by atoms with van der Waals surface area (Å²) in [6, 6.07) is 6.07. The number of alkyl halides is 2. The second-order valence-electron chi connectivity index (χ2n) is 5.11. The number of nitrogens with one attached hydrogen (secondary N) is 1. The summed E-state index contributed by atoms with van der Waals surface area (Å²) in [7, 11) is 0. The van der Waals surface area contributed by atoms with Crippen molar-refractivity contribution in [3.63, 3.8) is 0 Å². The predicted molar refractivity (Wildman–Crippen MR) is 73.8 cm³/mol. The number of rotatable bonds is 8. The SMILES string of the molecule is CCCNCC(F)(F)c1ccc(OCC(C)C)cc1. The highest BCUT2D eigenvalue weighted by molar-refractivity contribution is 5.30. The van der Waals surface area contributed by atoms with Crippen LogP contribution in [0, 0.1) is 5.92 Å². The van der Waals surface area contributed by atoms with E-state index in [9.17, 15) is 8.78 Å². The van der Waals surface area contributed by atoms with Crippen molar-refractivity contribution in [2.24, 2.45) is 5.92 Å². The van der Waals surface area contributed by atoms with Crippen LogP contribution in [0.3, 0.4) is 0 Å². The molecule has 19 heavy (non-hydrogen) atoms. The van der Waals surface area contributed by atoms with Gasteiger partial charge in [-0.3, -0.25) is 0 Å². The van der Waals surface area contributed by atoms with Crippen LogP contribution in [0.5, 0.6) is 5.75 Å². The van der Waals surface area contributed by atoms with Crippen molar-refractivity contribution in [2.45, 2.75) is 33.1 Å². The van der Waals surface area contributed by atoms with Crippen LogP contribution in [0.15, 0.2) is 24.3 Å². The fourth-order valence-electron chi connectivity index (χ4n) is 1.58. The summed E-state index contributed by atoms with van der Waals surface area (Å²) in [5, 5.41) is 2.75. The van der Waals surface area contributed by atoms with E-state index in [1.807, 2.05) is 20.8 Å². The second-order valence-corrected chi connectivity index (χ2v) is 5.11. The lowest BCUT2D eigenvalue weighted by molar-refractivity contribution is -0.00295. The minimum absolute atomic E-state index is 0.0213. The summed E-state index contributed by atoms with van der Waals surface area (Å²) in [5.74, 6) is -1.79. The molecule has 0 radical (unpaired) electrons. The molecule has 0 bridgehead atoms. The number of hydrogen-bond donors (Lipinski definition) is 1. The standard InChI is InChI=1S/C15H23F2NO/c1-4-9-18-11-15(16,17)13-5-7-14(8-6-13)19-10-12(2)3/h5-8,12,18H,4,9-11H2,1-3H3. The minimum Gasteiger partial charge on any atom is -0.493 e. The molecule has 0 saturated heterocycles. The Labute approximate surface area is 114 Å². The van der Waals surface area contributed by atoms with Crippen LogP contribution in [0.1, 0.15) is 32.8 Å².